The molecule has 0 aromatic heterocycles. The minimum Gasteiger partial charge on any atom is -0.493 e. The summed E-state index contributed by atoms with van der Waals surface area (Å²) in [5, 5.41) is 3.24. The summed E-state index contributed by atoms with van der Waals surface area (Å²) < 4.78 is 11.0. The summed E-state index contributed by atoms with van der Waals surface area (Å²) in [6.45, 7) is 8.98. The van der Waals surface area contributed by atoms with Gasteiger partial charge >= 0.3 is 0 Å². The highest BCUT2D eigenvalue weighted by Gasteiger charge is 2.36. The van der Waals surface area contributed by atoms with Gasteiger partial charge in [-0.2, -0.15) is 0 Å². The minimum atomic E-state index is -0.0298. The van der Waals surface area contributed by atoms with E-state index in [9.17, 15) is 4.79 Å². The van der Waals surface area contributed by atoms with Crippen molar-refractivity contribution >= 4 is 19.6 Å². The van der Waals surface area contributed by atoms with Gasteiger partial charge in [0.15, 0.2) is 19.5 Å². The Labute approximate surface area is 204 Å². The summed E-state index contributed by atoms with van der Waals surface area (Å²) in [6, 6.07) is 12.2. The van der Waals surface area contributed by atoms with Crippen LogP contribution in [0.25, 0.3) is 0 Å². The molecular weight excluding hydrogens is 427 g/mol. The predicted molar refractivity (Wildman–Crippen MR) is 139 cm³/mol. The lowest BCUT2D eigenvalue weighted by Crippen LogP contribution is -2.46. The Morgan fingerprint density at radius 1 is 1.06 bits per heavy atom. The number of methoxy groups -OCH3 is 2. The number of anilines is 1. The number of carbonyl (C=O) groups is 1. The monoisotopic (exact) mass is 464 g/mol. The Balaban J connectivity index is 1.63. The second kappa shape index (κ2) is 11.1. The van der Waals surface area contributed by atoms with Crippen LogP contribution in [0, 0.1) is 0 Å². The maximum atomic E-state index is 13.7. The van der Waals surface area contributed by atoms with Crippen LogP contribution in [0.2, 0.25) is 0 Å². The molecule has 0 bridgehead atoms. The van der Waals surface area contributed by atoms with Crippen LogP contribution in [0.3, 0.4) is 0 Å². The van der Waals surface area contributed by atoms with Crippen LogP contribution >= 0.6 is 0 Å². The number of hydrogen-bond donors (Lipinski definition) is 1. The second-order valence-corrected chi connectivity index (χ2v) is 9.03. The third kappa shape index (κ3) is 4.88. The number of carbonyl (C=O) groups excluding carboxylic acids is 1. The first kappa shape index (κ1) is 24.4. The molecule has 2 aliphatic rings. The molecule has 7 nitrogen and oxygen atoms in total. The van der Waals surface area contributed by atoms with Crippen molar-refractivity contribution in [3.05, 3.63) is 53.1 Å². The van der Waals surface area contributed by atoms with Crippen molar-refractivity contribution in [2.24, 2.45) is 0 Å². The lowest BCUT2D eigenvalue weighted by Gasteiger charge is -2.36. The highest BCUT2D eigenvalue weighted by Crippen LogP contribution is 2.40. The summed E-state index contributed by atoms with van der Waals surface area (Å²) in [6.07, 6.45) is 1.85. The summed E-state index contributed by atoms with van der Waals surface area (Å²) >= 11 is 0. The minimum absolute atomic E-state index is 0.0298. The molecule has 0 unspecified atom stereocenters. The van der Waals surface area contributed by atoms with Gasteiger partial charge in [-0.15, -0.1) is 0 Å². The van der Waals surface area contributed by atoms with Crippen molar-refractivity contribution in [1.29, 1.82) is 0 Å². The average molecular weight is 464 g/mol. The summed E-state index contributed by atoms with van der Waals surface area (Å²) in [5.74, 6) is 1.51. The number of rotatable bonds is 10. The van der Waals surface area contributed by atoms with E-state index in [-0.39, 0.29) is 11.9 Å². The van der Waals surface area contributed by atoms with Crippen LogP contribution in [-0.4, -0.2) is 77.2 Å². The zero-order valence-electron chi connectivity index (χ0n) is 21.0. The number of benzene rings is 2. The topological polar surface area (TPSA) is 57.3 Å². The van der Waals surface area contributed by atoms with Crippen LogP contribution in [0.5, 0.6) is 11.5 Å². The number of nitrogens with zero attached hydrogens (tertiary/aromatic N) is 3. The van der Waals surface area contributed by atoms with E-state index in [1.807, 2.05) is 37.1 Å². The fourth-order valence-electron chi connectivity index (χ4n) is 5.23. The predicted octanol–water partition coefficient (Wildman–Crippen LogP) is 2.46. The first-order valence-electron chi connectivity index (χ1n) is 12.4. The SMILES string of the molecule is BNCCC[C@H](c1ccc(OC)c(OC)c1)N1Cc2c(cccc2N2CCN(CC)CC2)C1=O. The molecule has 1 N–H and O–H groups in total. The number of likely N-dealkylation sites (N-methyl/N-ethyl adjacent to an activating group) is 1. The molecule has 0 saturated carbocycles. The highest BCUT2D eigenvalue weighted by atomic mass is 16.5. The quantitative estimate of drug-likeness (QED) is 0.431. The molecule has 2 heterocycles. The summed E-state index contributed by atoms with van der Waals surface area (Å²) in [7, 11) is 5.26. The highest BCUT2D eigenvalue weighted by molar-refractivity contribution is 6.04. The van der Waals surface area contributed by atoms with Crippen molar-refractivity contribution < 1.29 is 14.3 Å². The van der Waals surface area contributed by atoms with Gasteiger partial charge in [0.1, 0.15) is 0 Å². The fraction of sp³-hybridized carbons (Fsp3) is 0.500. The first-order chi connectivity index (χ1) is 16.6. The van der Waals surface area contributed by atoms with E-state index in [0.717, 1.165) is 68.8 Å². The molecule has 1 fully saturated rings. The van der Waals surface area contributed by atoms with E-state index in [2.05, 4.69) is 34.1 Å². The number of ether oxygens (including phenoxy) is 2. The number of amides is 1. The molecule has 0 aliphatic carbocycles. The van der Waals surface area contributed by atoms with Crippen LogP contribution in [-0.2, 0) is 6.54 Å². The van der Waals surface area contributed by atoms with Crippen LogP contribution in [0.1, 0.15) is 47.3 Å². The Morgan fingerprint density at radius 3 is 2.50 bits per heavy atom. The zero-order chi connectivity index (χ0) is 24.1. The lowest BCUT2D eigenvalue weighted by atomic mass is 9.99. The van der Waals surface area contributed by atoms with Crippen molar-refractivity contribution in [2.45, 2.75) is 32.4 Å². The molecule has 2 aliphatic heterocycles. The zero-order valence-corrected chi connectivity index (χ0v) is 21.0. The maximum Gasteiger partial charge on any atom is 0.255 e. The summed E-state index contributed by atoms with van der Waals surface area (Å²) in [4.78, 5) is 20.7. The van der Waals surface area contributed by atoms with Gasteiger partial charge in [0, 0.05) is 49.5 Å². The molecule has 182 valence electrons. The van der Waals surface area contributed by atoms with Gasteiger partial charge in [-0.25, -0.2) is 0 Å². The van der Waals surface area contributed by atoms with Crippen molar-refractivity contribution in [1.82, 2.24) is 15.0 Å². The van der Waals surface area contributed by atoms with Crippen molar-refractivity contribution in [2.75, 3.05) is 58.4 Å². The Bertz CT molecular complexity index is 994. The van der Waals surface area contributed by atoms with E-state index in [1.54, 1.807) is 14.2 Å². The van der Waals surface area contributed by atoms with Crippen LogP contribution in [0.15, 0.2) is 36.4 Å². The summed E-state index contributed by atoms with van der Waals surface area (Å²) in [5.41, 5.74) is 4.30. The second-order valence-electron chi connectivity index (χ2n) is 9.03. The van der Waals surface area contributed by atoms with Gasteiger partial charge in [0.2, 0.25) is 0 Å². The van der Waals surface area contributed by atoms with E-state index >= 15 is 0 Å². The largest absolute Gasteiger partial charge is 0.493 e. The maximum absolute atomic E-state index is 13.7. The number of piperazine rings is 1. The molecule has 2 aromatic carbocycles. The van der Waals surface area contributed by atoms with E-state index < -0.39 is 0 Å². The molecule has 34 heavy (non-hydrogen) atoms. The molecule has 1 saturated heterocycles. The molecule has 1 amide bonds. The molecule has 1 atom stereocenters. The molecule has 8 heteroatoms. The third-order valence-electron chi connectivity index (χ3n) is 7.20. The van der Waals surface area contributed by atoms with Gasteiger partial charge < -0.3 is 29.4 Å². The fourth-order valence-corrected chi connectivity index (χ4v) is 5.23. The van der Waals surface area contributed by atoms with Gasteiger partial charge in [-0.3, -0.25) is 4.79 Å². The van der Waals surface area contributed by atoms with E-state index in [4.69, 9.17) is 9.47 Å². The molecular formula is C26H37BN4O3. The van der Waals surface area contributed by atoms with Gasteiger partial charge in [0.25, 0.3) is 5.91 Å². The van der Waals surface area contributed by atoms with Crippen LogP contribution in [0.4, 0.5) is 5.69 Å². The number of fused-ring (bicyclic) bond motifs is 1. The molecule has 0 radical (unpaired) electrons. The smallest absolute Gasteiger partial charge is 0.255 e. The number of hydrogen-bond acceptors (Lipinski definition) is 6. The van der Waals surface area contributed by atoms with Crippen molar-refractivity contribution in [3.63, 3.8) is 0 Å². The standard InChI is InChI=1S/C26H37BN4O3/c1-4-29-13-15-30(16-14-29)23-8-5-7-20-21(23)18-31(26(20)32)22(9-6-12-28-27)19-10-11-24(33-2)25(17-19)34-3/h5,7-8,10-11,17,22,28H,4,6,9,12-16,18,27H2,1-3H3/t22-/m1/s1. The first-order valence-corrected chi connectivity index (χ1v) is 12.4. The molecule has 0 spiro atoms. The van der Waals surface area contributed by atoms with Gasteiger partial charge in [0.05, 0.1) is 20.3 Å². The van der Waals surface area contributed by atoms with E-state index in [1.165, 1.54) is 5.69 Å². The Hall–Kier alpha value is -2.71. The average Bonchev–Trinajstić information content (AvgIpc) is 3.22. The number of nitrogens with one attached hydrogen (secondary N) is 1. The lowest BCUT2D eigenvalue weighted by molar-refractivity contribution is 0.0689. The van der Waals surface area contributed by atoms with Crippen LogP contribution < -0.4 is 19.6 Å². The van der Waals surface area contributed by atoms with Crippen molar-refractivity contribution in [3.8, 4) is 11.5 Å². The molecule has 2 aromatic rings. The van der Waals surface area contributed by atoms with Gasteiger partial charge in [-0.05, 0) is 55.8 Å². The third-order valence-corrected chi connectivity index (χ3v) is 7.20. The normalized spacial score (nSPS) is 17.1. The van der Waals surface area contributed by atoms with Gasteiger partial charge in [-0.1, -0.05) is 19.1 Å². The Kier molecular flexibility index (Phi) is 8.01. The Morgan fingerprint density at radius 2 is 1.82 bits per heavy atom. The van der Waals surface area contributed by atoms with E-state index in [0.29, 0.717) is 18.0 Å². The molecule has 4 rings (SSSR count).